The Kier molecular flexibility index (Phi) is 6.44. The van der Waals surface area contributed by atoms with Gasteiger partial charge in [-0.15, -0.1) is 0 Å². The summed E-state index contributed by atoms with van der Waals surface area (Å²) in [4.78, 5) is 12.5. The smallest absolute Gasteiger partial charge is 0.339 e. The normalized spacial score (nSPS) is 11.6. The number of anilines is 1. The van der Waals surface area contributed by atoms with Crippen molar-refractivity contribution in [1.29, 1.82) is 5.26 Å². The number of hydrogen-bond donors (Lipinski definition) is 1. The Labute approximate surface area is 197 Å². The molecule has 4 rings (SSSR count). The Balaban J connectivity index is 1.55. The van der Waals surface area contributed by atoms with E-state index in [-0.39, 0.29) is 16.2 Å². The van der Waals surface area contributed by atoms with Crippen LogP contribution in [-0.2, 0) is 14.9 Å². The van der Waals surface area contributed by atoms with Crippen LogP contribution in [0.5, 0.6) is 5.75 Å². The molecule has 0 bridgehead atoms. The number of carbonyl (C=O) groups excluding carboxylic acids is 1. The first-order valence-electron chi connectivity index (χ1n) is 10.4. The second-order valence-corrected chi connectivity index (χ2v) is 9.16. The van der Waals surface area contributed by atoms with Gasteiger partial charge in [0.1, 0.15) is 22.3 Å². The zero-order chi connectivity index (χ0) is 24.1. The molecule has 0 aliphatic carbocycles. The fourth-order valence-corrected chi connectivity index (χ4v) is 4.26. The molecule has 1 N–H and O–H groups in total. The molecular formula is C27H20N2O4S. The minimum Gasteiger partial charge on any atom is -0.379 e. The van der Waals surface area contributed by atoms with Gasteiger partial charge in [-0.1, -0.05) is 60.2 Å². The molecule has 1 amide bonds. The molecule has 0 fully saturated rings. The molecule has 6 nitrogen and oxygen atoms in total. The maximum absolute atomic E-state index is 12.8. The topological polar surface area (TPSA) is 96.3 Å². The summed E-state index contributed by atoms with van der Waals surface area (Å²) in [6.07, 6.45) is 1.37. The van der Waals surface area contributed by atoms with E-state index in [0.717, 1.165) is 16.3 Å². The van der Waals surface area contributed by atoms with Crippen molar-refractivity contribution < 1.29 is 17.4 Å². The van der Waals surface area contributed by atoms with Crippen LogP contribution in [0.15, 0.2) is 101 Å². The molecule has 0 unspecified atom stereocenters. The van der Waals surface area contributed by atoms with Gasteiger partial charge in [-0.25, -0.2) is 0 Å². The van der Waals surface area contributed by atoms with E-state index < -0.39 is 16.0 Å². The third-order valence-electron chi connectivity index (χ3n) is 5.06. The van der Waals surface area contributed by atoms with Gasteiger partial charge in [0.15, 0.2) is 0 Å². The molecule has 7 heteroatoms. The lowest BCUT2D eigenvalue weighted by atomic mass is 10.1. The van der Waals surface area contributed by atoms with Crippen LogP contribution in [0.2, 0.25) is 0 Å². The Bertz CT molecular complexity index is 1550. The number of hydrogen-bond acceptors (Lipinski definition) is 5. The summed E-state index contributed by atoms with van der Waals surface area (Å²) in [6, 6.07) is 27.4. The lowest BCUT2D eigenvalue weighted by Crippen LogP contribution is -2.13. The summed E-state index contributed by atoms with van der Waals surface area (Å²) in [5, 5.41) is 13.8. The summed E-state index contributed by atoms with van der Waals surface area (Å²) in [5.74, 6) is -0.500. The molecule has 0 radical (unpaired) electrons. The van der Waals surface area contributed by atoms with Crippen molar-refractivity contribution in [3.05, 3.63) is 108 Å². The zero-order valence-electron chi connectivity index (χ0n) is 18.2. The lowest BCUT2D eigenvalue weighted by Gasteiger charge is -2.09. The highest BCUT2D eigenvalue weighted by molar-refractivity contribution is 7.87. The predicted molar refractivity (Wildman–Crippen MR) is 132 cm³/mol. The van der Waals surface area contributed by atoms with Gasteiger partial charge in [-0.3, -0.25) is 4.79 Å². The van der Waals surface area contributed by atoms with Gasteiger partial charge in [0, 0.05) is 5.69 Å². The monoisotopic (exact) mass is 468 g/mol. The first kappa shape index (κ1) is 22.8. The highest BCUT2D eigenvalue weighted by Gasteiger charge is 2.17. The summed E-state index contributed by atoms with van der Waals surface area (Å²) < 4.78 is 31.0. The number of fused-ring (bicyclic) bond motifs is 1. The van der Waals surface area contributed by atoms with Gasteiger partial charge in [0.2, 0.25) is 0 Å². The Morgan fingerprint density at radius 1 is 0.912 bits per heavy atom. The number of nitrogens with zero attached hydrogens (tertiary/aromatic N) is 1. The number of benzene rings is 4. The highest BCUT2D eigenvalue weighted by atomic mass is 32.2. The highest BCUT2D eigenvalue weighted by Crippen LogP contribution is 2.24. The van der Waals surface area contributed by atoms with Gasteiger partial charge >= 0.3 is 10.1 Å². The van der Waals surface area contributed by atoms with Gasteiger partial charge in [0.05, 0.1) is 0 Å². The standard InChI is InChI=1S/C27H20N2O4S/c1-19-9-12-24(13-10-19)29-27(30)23(18-28)15-20-5-4-8-25(16-20)33-34(31,32)26-14-11-21-6-2-3-7-22(21)17-26/h2-17H,1H3,(H,29,30)/b23-15-. The number of aryl methyl sites for hydroxylation is 1. The molecule has 0 saturated heterocycles. The summed E-state index contributed by atoms with van der Waals surface area (Å²) in [5.41, 5.74) is 1.93. The Morgan fingerprint density at radius 2 is 1.65 bits per heavy atom. The zero-order valence-corrected chi connectivity index (χ0v) is 19.0. The fraction of sp³-hybridized carbons (Fsp3) is 0.0370. The first-order chi connectivity index (χ1) is 16.3. The maximum atomic E-state index is 12.8. The molecule has 4 aromatic rings. The first-order valence-corrected chi connectivity index (χ1v) is 11.8. The van der Waals surface area contributed by atoms with E-state index in [4.69, 9.17) is 4.18 Å². The van der Waals surface area contributed by atoms with Gasteiger partial charge in [0.25, 0.3) is 5.91 Å². The van der Waals surface area contributed by atoms with Crippen molar-refractivity contribution in [2.75, 3.05) is 5.32 Å². The van der Waals surface area contributed by atoms with Crippen LogP contribution in [0.1, 0.15) is 11.1 Å². The second-order valence-electron chi connectivity index (χ2n) is 7.61. The van der Waals surface area contributed by atoms with Crippen LogP contribution < -0.4 is 9.50 Å². The van der Waals surface area contributed by atoms with Crippen LogP contribution in [0, 0.1) is 18.3 Å². The van der Waals surface area contributed by atoms with Crippen LogP contribution in [-0.4, -0.2) is 14.3 Å². The van der Waals surface area contributed by atoms with Crippen LogP contribution in [0.4, 0.5) is 5.69 Å². The van der Waals surface area contributed by atoms with E-state index in [1.165, 1.54) is 24.3 Å². The fourth-order valence-electron chi connectivity index (χ4n) is 3.30. The molecule has 0 heterocycles. The minimum atomic E-state index is -4.08. The van der Waals surface area contributed by atoms with Crippen molar-refractivity contribution >= 4 is 38.6 Å². The second kappa shape index (κ2) is 9.61. The van der Waals surface area contributed by atoms with E-state index in [1.54, 1.807) is 36.4 Å². The summed E-state index contributed by atoms with van der Waals surface area (Å²) in [7, 11) is -4.08. The molecule has 0 aromatic heterocycles. The Morgan fingerprint density at radius 3 is 2.38 bits per heavy atom. The lowest BCUT2D eigenvalue weighted by molar-refractivity contribution is -0.112. The summed E-state index contributed by atoms with van der Waals surface area (Å²) in [6.45, 7) is 1.93. The third kappa shape index (κ3) is 5.31. The number of nitriles is 1. The number of amides is 1. The Hall–Kier alpha value is -4.41. The molecule has 0 spiro atoms. The van der Waals surface area contributed by atoms with Crippen molar-refractivity contribution in [3.63, 3.8) is 0 Å². The molecule has 168 valence electrons. The molecule has 4 aromatic carbocycles. The van der Waals surface area contributed by atoms with Crippen LogP contribution >= 0.6 is 0 Å². The number of nitrogens with one attached hydrogen (secondary N) is 1. The molecule has 34 heavy (non-hydrogen) atoms. The summed E-state index contributed by atoms with van der Waals surface area (Å²) >= 11 is 0. The molecule has 0 saturated carbocycles. The van der Waals surface area contributed by atoms with Crippen LogP contribution in [0.25, 0.3) is 16.8 Å². The van der Waals surface area contributed by atoms with E-state index in [1.807, 2.05) is 49.4 Å². The average molecular weight is 469 g/mol. The van der Waals surface area contributed by atoms with Crippen molar-refractivity contribution in [1.82, 2.24) is 0 Å². The number of rotatable bonds is 6. The van der Waals surface area contributed by atoms with E-state index in [2.05, 4.69) is 5.32 Å². The average Bonchev–Trinajstić information content (AvgIpc) is 2.83. The molecule has 0 aliphatic rings. The quantitative estimate of drug-likeness (QED) is 0.230. The van der Waals surface area contributed by atoms with Crippen molar-refractivity contribution in [2.45, 2.75) is 11.8 Å². The third-order valence-corrected chi connectivity index (χ3v) is 6.30. The minimum absolute atomic E-state index is 0.0299. The largest absolute Gasteiger partial charge is 0.379 e. The van der Waals surface area contributed by atoms with E-state index in [9.17, 15) is 18.5 Å². The van der Waals surface area contributed by atoms with Gasteiger partial charge in [-0.2, -0.15) is 13.7 Å². The van der Waals surface area contributed by atoms with Crippen LogP contribution in [0.3, 0.4) is 0 Å². The molecule has 0 aliphatic heterocycles. The molecule has 0 atom stereocenters. The molecular weight excluding hydrogens is 448 g/mol. The van der Waals surface area contributed by atoms with E-state index >= 15 is 0 Å². The number of carbonyl (C=O) groups is 1. The van der Waals surface area contributed by atoms with Crippen molar-refractivity contribution in [3.8, 4) is 11.8 Å². The van der Waals surface area contributed by atoms with Crippen molar-refractivity contribution in [2.24, 2.45) is 0 Å². The van der Waals surface area contributed by atoms with Gasteiger partial charge in [-0.05, 0) is 65.7 Å². The van der Waals surface area contributed by atoms with E-state index in [0.29, 0.717) is 11.3 Å². The van der Waals surface area contributed by atoms with Gasteiger partial charge < -0.3 is 9.50 Å². The maximum Gasteiger partial charge on any atom is 0.339 e. The SMILES string of the molecule is Cc1ccc(NC(=O)/C(C#N)=C\c2cccc(OS(=O)(=O)c3ccc4ccccc4c3)c2)cc1. The predicted octanol–water partition coefficient (Wildman–Crippen LogP) is 5.46.